The topological polar surface area (TPSA) is 90.0 Å². The Labute approximate surface area is 231 Å². The van der Waals surface area contributed by atoms with Crippen LogP contribution >= 0.6 is 11.6 Å². The zero-order valence-electron chi connectivity index (χ0n) is 24.4. The van der Waals surface area contributed by atoms with Crippen molar-refractivity contribution in [2.24, 2.45) is 0 Å². The second kappa shape index (κ2) is 29.6. The van der Waals surface area contributed by atoms with Crippen molar-refractivity contribution in [3.8, 4) is 0 Å². The van der Waals surface area contributed by atoms with Crippen molar-refractivity contribution in [1.82, 2.24) is 20.8 Å². The van der Waals surface area contributed by atoms with Crippen LogP contribution in [0.5, 0.6) is 0 Å². The summed E-state index contributed by atoms with van der Waals surface area (Å²) in [5, 5.41) is 23.0. The summed E-state index contributed by atoms with van der Waals surface area (Å²) in [7, 11) is 1.56. The van der Waals surface area contributed by atoms with E-state index in [1.165, 1.54) is 17.5 Å². The molecule has 1 heterocycles. The van der Waals surface area contributed by atoms with Crippen LogP contribution in [0.4, 0.5) is 0 Å². The van der Waals surface area contributed by atoms with E-state index in [-0.39, 0.29) is 0 Å². The maximum Gasteiger partial charge on any atom is 0.206 e. The largest absolute Gasteiger partial charge is 0.387 e. The summed E-state index contributed by atoms with van der Waals surface area (Å²) < 4.78 is 0. The SMILES string of the molecule is CC.CC.CC.CCl.CNC=O.Cc1cc(Cc2ccc(CCNC[C@H](O)c3ccccc3)cc2)n[nH]1. The van der Waals surface area contributed by atoms with E-state index >= 15 is 0 Å². The van der Waals surface area contributed by atoms with E-state index in [4.69, 9.17) is 4.79 Å². The third-order valence-electron chi connectivity index (χ3n) is 4.40. The Balaban J connectivity index is -0.000000835. The number of alkyl halides is 1. The number of nitrogens with one attached hydrogen (secondary N) is 3. The third-order valence-corrected chi connectivity index (χ3v) is 4.40. The van der Waals surface area contributed by atoms with Gasteiger partial charge in [0, 0.05) is 32.1 Å². The van der Waals surface area contributed by atoms with Crippen LogP contribution in [-0.4, -0.2) is 48.2 Å². The Hall–Kier alpha value is -2.67. The smallest absolute Gasteiger partial charge is 0.206 e. The molecule has 2 aromatic carbocycles. The Kier molecular flexibility index (Phi) is 31.0. The maximum absolute atomic E-state index is 10.1. The fourth-order valence-corrected chi connectivity index (χ4v) is 2.86. The van der Waals surface area contributed by atoms with Gasteiger partial charge in [0.1, 0.15) is 0 Å². The molecule has 0 saturated heterocycles. The van der Waals surface area contributed by atoms with Crippen molar-refractivity contribution < 1.29 is 9.90 Å². The molecule has 7 heteroatoms. The summed E-state index contributed by atoms with van der Waals surface area (Å²) >= 11 is 4.64. The number of aliphatic hydroxyl groups is 1. The highest BCUT2D eigenvalue weighted by Gasteiger charge is 2.06. The van der Waals surface area contributed by atoms with E-state index in [0.717, 1.165) is 36.3 Å². The van der Waals surface area contributed by atoms with Gasteiger partial charge in [-0.2, -0.15) is 5.10 Å². The molecule has 0 aliphatic heterocycles. The Bertz CT molecular complexity index is 840. The van der Waals surface area contributed by atoms with Crippen LogP contribution in [0.25, 0.3) is 0 Å². The Morgan fingerprint density at radius 2 is 1.46 bits per heavy atom. The first-order valence-corrected chi connectivity index (χ1v) is 13.9. The number of amides is 1. The van der Waals surface area contributed by atoms with E-state index in [9.17, 15) is 5.11 Å². The number of hydrogen-bond acceptors (Lipinski definition) is 4. The molecule has 0 aliphatic rings. The molecular weight excluding hydrogens is 484 g/mol. The molecule has 0 spiro atoms. The molecular formula is C30H51ClN4O2. The molecule has 37 heavy (non-hydrogen) atoms. The van der Waals surface area contributed by atoms with Crippen molar-refractivity contribution >= 4 is 18.0 Å². The monoisotopic (exact) mass is 534 g/mol. The highest BCUT2D eigenvalue weighted by molar-refractivity contribution is 6.15. The first-order valence-electron chi connectivity index (χ1n) is 13.1. The predicted molar refractivity (Wildman–Crippen MR) is 161 cm³/mol. The molecule has 4 N–H and O–H groups in total. The normalized spacial score (nSPS) is 9.49. The Morgan fingerprint density at radius 3 is 1.92 bits per heavy atom. The second-order valence-electron chi connectivity index (χ2n) is 6.82. The van der Waals surface area contributed by atoms with Gasteiger partial charge in [-0.3, -0.25) is 9.89 Å². The van der Waals surface area contributed by atoms with Crippen molar-refractivity contribution in [3.05, 3.63) is 88.7 Å². The highest BCUT2D eigenvalue weighted by atomic mass is 35.5. The van der Waals surface area contributed by atoms with E-state index in [0.29, 0.717) is 13.0 Å². The van der Waals surface area contributed by atoms with E-state index in [1.54, 1.807) is 7.05 Å². The van der Waals surface area contributed by atoms with Crippen LogP contribution in [0, 0.1) is 6.92 Å². The third kappa shape index (κ3) is 20.1. The molecule has 210 valence electrons. The lowest BCUT2D eigenvalue weighted by Gasteiger charge is -2.12. The van der Waals surface area contributed by atoms with Gasteiger partial charge in [0.25, 0.3) is 0 Å². The maximum atomic E-state index is 10.1. The van der Waals surface area contributed by atoms with Gasteiger partial charge in [0.2, 0.25) is 6.41 Å². The first kappa shape index (κ1) is 38.9. The van der Waals surface area contributed by atoms with E-state index in [1.807, 2.05) is 78.8 Å². The molecule has 1 atom stereocenters. The Morgan fingerprint density at radius 1 is 0.946 bits per heavy atom. The minimum absolute atomic E-state index is 0.458. The number of carbonyl (C=O) groups is 1. The molecule has 0 radical (unpaired) electrons. The average Bonchev–Trinajstić information content (AvgIpc) is 3.40. The summed E-state index contributed by atoms with van der Waals surface area (Å²) in [5.41, 5.74) is 5.68. The fraction of sp³-hybridized carbons (Fsp3) is 0.467. The van der Waals surface area contributed by atoms with Crippen molar-refractivity contribution in [1.29, 1.82) is 0 Å². The number of benzene rings is 2. The standard InChI is InChI=1S/C21H25N3O.C2H5NO.3C2H6.CH3Cl/c1-16-13-20(24-23-16)14-18-9-7-17(8-10-18)11-12-22-15-21(25)19-5-3-2-4-6-19;1-3-2-4;4*1-2/h2-10,13,21-22,25H,11-12,14-15H2,1H3,(H,23,24);2H,1H3,(H,3,4);3*1-2H3;1H3/t21-;;;;;/m0...../s1. The summed E-state index contributed by atoms with van der Waals surface area (Å²) in [4.78, 5) is 9.06. The number of rotatable bonds is 9. The molecule has 0 fully saturated rings. The van der Waals surface area contributed by atoms with Crippen LogP contribution in [-0.2, 0) is 17.6 Å². The number of hydrogen-bond donors (Lipinski definition) is 4. The summed E-state index contributed by atoms with van der Waals surface area (Å²) in [6.45, 7) is 15.4. The number of aromatic nitrogens is 2. The number of H-pyrrole nitrogens is 1. The van der Waals surface area contributed by atoms with E-state index in [2.05, 4.69) is 62.8 Å². The van der Waals surface area contributed by atoms with Crippen LogP contribution in [0.1, 0.15) is 75.7 Å². The van der Waals surface area contributed by atoms with Crippen LogP contribution in [0.3, 0.4) is 0 Å². The van der Waals surface area contributed by atoms with Gasteiger partial charge in [0.15, 0.2) is 0 Å². The van der Waals surface area contributed by atoms with Gasteiger partial charge >= 0.3 is 0 Å². The van der Waals surface area contributed by atoms with Gasteiger partial charge < -0.3 is 15.7 Å². The van der Waals surface area contributed by atoms with Crippen molar-refractivity contribution in [2.75, 3.05) is 26.5 Å². The quantitative estimate of drug-likeness (QED) is 0.144. The molecule has 0 aliphatic carbocycles. The van der Waals surface area contributed by atoms with Gasteiger partial charge in [-0.05, 0) is 42.6 Å². The van der Waals surface area contributed by atoms with Crippen molar-refractivity contribution in [2.45, 2.75) is 67.4 Å². The number of aryl methyl sites for hydroxylation is 1. The molecule has 0 unspecified atom stereocenters. The van der Waals surface area contributed by atoms with Crippen LogP contribution in [0.15, 0.2) is 60.7 Å². The molecule has 3 rings (SSSR count). The summed E-state index contributed by atoms with van der Waals surface area (Å²) in [5.74, 6) is 0. The second-order valence-corrected chi connectivity index (χ2v) is 6.82. The fourth-order valence-electron chi connectivity index (χ4n) is 2.86. The summed E-state index contributed by atoms with van der Waals surface area (Å²) in [6, 6.07) is 20.5. The van der Waals surface area contributed by atoms with Gasteiger partial charge in [-0.25, -0.2) is 0 Å². The van der Waals surface area contributed by atoms with Crippen LogP contribution in [0.2, 0.25) is 0 Å². The number of aromatic amines is 1. The zero-order valence-corrected chi connectivity index (χ0v) is 25.2. The number of nitrogens with zero attached hydrogens (tertiary/aromatic N) is 1. The molecule has 6 nitrogen and oxygen atoms in total. The lowest BCUT2D eigenvalue weighted by molar-refractivity contribution is -0.109. The average molecular weight is 535 g/mol. The predicted octanol–water partition coefficient (Wildman–Crippen LogP) is 6.47. The lowest BCUT2D eigenvalue weighted by atomic mass is 10.1. The van der Waals surface area contributed by atoms with Gasteiger partial charge in [-0.1, -0.05) is 96.1 Å². The van der Waals surface area contributed by atoms with E-state index < -0.39 is 6.10 Å². The highest BCUT2D eigenvalue weighted by Crippen LogP contribution is 2.12. The molecule has 0 bridgehead atoms. The molecule has 1 aromatic heterocycles. The molecule has 3 aromatic rings. The molecule has 0 saturated carbocycles. The number of aliphatic hydroxyl groups excluding tert-OH is 1. The van der Waals surface area contributed by atoms with Gasteiger partial charge in [0.05, 0.1) is 11.8 Å². The minimum Gasteiger partial charge on any atom is -0.387 e. The molecule has 1 amide bonds. The number of halogens is 1. The van der Waals surface area contributed by atoms with Gasteiger partial charge in [-0.15, -0.1) is 11.6 Å². The first-order chi connectivity index (χ1) is 18.1. The number of carbonyl (C=O) groups excluding carboxylic acids is 1. The lowest BCUT2D eigenvalue weighted by Crippen LogP contribution is -2.23. The van der Waals surface area contributed by atoms with Crippen molar-refractivity contribution in [3.63, 3.8) is 0 Å². The minimum atomic E-state index is -0.458. The zero-order chi connectivity index (χ0) is 28.9. The van der Waals surface area contributed by atoms with Crippen LogP contribution < -0.4 is 10.6 Å². The summed E-state index contributed by atoms with van der Waals surface area (Å²) in [6.07, 6.45) is 3.44.